The standard InChI is InChI=1S/C15H26N2S/c1-6-13-11(4)18-14(16-13)15(5,9-10(2)3)17-12-7-8-12/h10,12,17H,6-9H2,1-5H3. The first-order valence-electron chi connectivity index (χ1n) is 7.19. The zero-order valence-corrected chi connectivity index (χ0v) is 13.2. The Kier molecular flexibility index (Phi) is 4.12. The second kappa shape index (κ2) is 5.30. The first kappa shape index (κ1) is 14.0. The van der Waals surface area contributed by atoms with Gasteiger partial charge in [-0.2, -0.15) is 0 Å². The summed E-state index contributed by atoms with van der Waals surface area (Å²) in [5.41, 5.74) is 1.35. The van der Waals surface area contributed by atoms with Gasteiger partial charge >= 0.3 is 0 Å². The molecule has 1 saturated carbocycles. The molecule has 18 heavy (non-hydrogen) atoms. The van der Waals surface area contributed by atoms with Crippen molar-refractivity contribution in [1.29, 1.82) is 0 Å². The van der Waals surface area contributed by atoms with E-state index >= 15 is 0 Å². The maximum atomic E-state index is 4.89. The van der Waals surface area contributed by atoms with Crippen LogP contribution < -0.4 is 5.32 Å². The van der Waals surface area contributed by atoms with E-state index in [1.165, 1.54) is 34.8 Å². The van der Waals surface area contributed by atoms with Gasteiger partial charge in [0.1, 0.15) is 5.01 Å². The van der Waals surface area contributed by atoms with Crippen LogP contribution in [0.5, 0.6) is 0 Å². The fourth-order valence-electron chi connectivity index (χ4n) is 2.69. The van der Waals surface area contributed by atoms with Crippen LogP contribution in [0.25, 0.3) is 0 Å². The number of nitrogens with one attached hydrogen (secondary N) is 1. The Labute approximate surface area is 115 Å². The molecular formula is C15H26N2S. The minimum atomic E-state index is 0.0676. The highest BCUT2D eigenvalue weighted by Gasteiger charge is 2.36. The smallest absolute Gasteiger partial charge is 0.113 e. The van der Waals surface area contributed by atoms with Crippen LogP contribution in [0.1, 0.15) is 62.5 Å². The summed E-state index contributed by atoms with van der Waals surface area (Å²) in [6.07, 6.45) is 4.88. The lowest BCUT2D eigenvalue weighted by atomic mass is 9.91. The number of aromatic nitrogens is 1. The molecule has 2 rings (SSSR count). The molecule has 1 atom stereocenters. The van der Waals surface area contributed by atoms with Crippen molar-refractivity contribution in [2.75, 3.05) is 0 Å². The van der Waals surface area contributed by atoms with E-state index in [4.69, 9.17) is 4.98 Å². The summed E-state index contributed by atoms with van der Waals surface area (Å²) in [5, 5.41) is 5.12. The van der Waals surface area contributed by atoms with Gasteiger partial charge in [0.2, 0.25) is 0 Å². The van der Waals surface area contributed by atoms with Crippen LogP contribution in [-0.2, 0) is 12.0 Å². The van der Waals surface area contributed by atoms with Gasteiger partial charge in [-0.15, -0.1) is 11.3 Å². The Hall–Kier alpha value is -0.410. The van der Waals surface area contributed by atoms with Gasteiger partial charge in [0.15, 0.2) is 0 Å². The Balaban J connectivity index is 2.25. The van der Waals surface area contributed by atoms with E-state index in [0.717, 1.165) is 12.5 Å². The van der Waals surface area contributed by atoms with Gasteiger partial charge in [0, 0.05) is 10.9 Å². The molecule has 0 aliphatic heterocycles. The van der Waals surface area contributed by atoms with E-state index in [0.29, 0.717) is 5.92 Å². The molecule has 102 valence electrons. The third kappa shape index (κ3) is 3.12. The number of thiazole rings is 1. The molecule has 0 spiro atoms. The molecule has 1 aliphatic rings. The van der Waals surface area contributed by atoms with E-state index < -0.39 is 0 Å². The molecular weight excluding hydrogens is 240 g/mol. The van der Waals surface area contributed by atoms with Crippen LogP contribution in [0.2, 0.25) is 0 Å². The highest BCUT2D eigenvalue weighted by molar-refractivity contribution is 7.11. The van der Waals surface area contributed by atoms with E-state index in [-0.39, 0.29) is 5.54 Å². The normalized spacial score (nSPS) is 19.2. The fraction of sp³-hybridized carbons (Fsp3) is 0.800. The van der Waals surface area contributed by atoms with Crippen molar-refractivity contribution in [3.05, 3.63) is 15.6 Å². The van der Waals surface area contributed by atoms with Gasteiger partial charge in [0.25, 0.3) is 0 Å². The zero-order valence-electron chi connectivity index (χ0n) is 12.3. The molecule has 1 fully saturated rings. The summed E-state index contributed by atoms with van der Waals surface area (Å²) in [6, 6.07) is 0.725. The van der Waals surface area contributed by atoms with E-state index in [1.807, 2.05) is 11.3 Å². The van der Waals surface area contributed by atoms with Gasteiger partial charge in [-0.3, -0.25) is 0 Å². The molecule has 0 radical (unpaired) electrons. The van der Waals surface area contributed by atoms with Crippen molar-refractivity contribution in [2.24, 2.45) is 5.92 Å². The SMILES string of the molecule is CCc1nc(C(C)(CC(C)C)NC2CC2)sc1C. The monoisotopic (exact) mass is 266 g/mol. The number of aryl methyl sites for hydroxylation is 2. The second-order valence-electron chi connectivity index (χ2n) is 6.22. The first-order valence-corrected chi connectivity index (χ1v) is 8.00. The number of nitrogens with zero attached hydrogens (tertiary/aromatic N) is 1. The summed E-state index contributed by atoms with van der Waals surface area (Å²) in [7, 11) is 0. The number of hydrogen-bond donors (Lipinski definition) is 1. The number of rotatable bonds is 6. The molecule has 1 aromatic rings. The number of hydrogen-bond acceptors (Lipinski definition) is 3. The third-order valence-corrected chi connectivity index (χ3v) is 4.89. The first-order chi connectivity index (χ1) is 8.44. The lowest BCUT2D eigenvalue weighted by Crippen LogP contribution is -2.42. The Morgan fingerprint density at radius 1 is 1.44 bits per heavy atom. The molecule has 0 amide bonds. The Bertz CT molecular complexity index is 401. The lowest BCUT2D eigenvalue weighted by molar-refractivity contribution is 0.293. The molecule has 1 aromatic heterocycles. The quantitative estimate of drug-likeness (QED) is 0.841. The molecule has 1 heterocycles. The average molecular weight is 266 g/mol. The molecule has 0 aromatic carbocycles. The van der Waals surface area contributed by atoms with Crippen LogP contribution in [0, 0.1) is 12.8 Å². The largest absolute Gasteiger partial charge is 0.303 e. The molecule has 1 unspecified atom stereocenters. The van der Waals surface area contributed by atoms with Gasteiger partial charge in [-0.05, 0) is 45.4 Å². The lowest BCUT2D eigenvalue weighted by Gasteiger charge is -2.31. The van der Waals surface area contributed by atoms with Crippen LogP contribution in [0.3, 0.4) is 0 Å². The predicted molar refractivity (Wildman–Crippen MR) is 79.2 cm³/mol. The maximum absolute atomic E-state index is 4.89. The molecule has 1 aliphatic carbocycles. The van der Waals surface area contributed by atoms with Gasteiger partial charge in [-0.25, -0.2) is 4.98 Å². The van der Waals surface area contributed by atoms with Gasteiger partial charge in [-0.1, -0.05) is 20.8 Å². The Morgan fingerprint density at radius 3 is 2.56 bits per heavy atom. The van der Waals surface area contributed by atoms with E-state index in [1.54, 1.807) is 0 Å². The predicted octanol–water partition coefficient (Wildman–Crippen LogP) is 4.03. The topological polar surface area (TPSA) is 24.9 Å². The van der Waals surface area contributed by atoms with Crippen molar-refractivity contribution in [2.45, 2.75) is 71.9 Å². The van der Waals surface area contributed by atoms with Crippen LogP contribution >= 0.6 is 11.3 Å². The van der Waals surface area contributed by atoms with Crippen molar-refractivity contribution in [1.82, 2.24) is 10.3 Å². The van der Waals surface area contributed by atoms with Crippen molar-refractivity contribution >= 4 is 11.3 Å². The molecule has 2 nitrogen and oxygen atoms in total. The van der Waals surface area contributed by atoms with Crippen LogP contribution in [-0.4, -0.2) is 11.0 Å². The summed E-state index contributed by atoms with van der Waals surface area (Å²) in [6.45, 7) is 11.3. The molecule has 0 bridgehead atoms. The van der Waals surface area contributed by atoms with Gasteiger partial charge in [0.05, 0.1) is 11.2 Å². The minimum absolute atomic E-state index is 0.0676. The average Bonchev–Trinajstić information content (AvgIpc) is 2.97. The summed E-state index contributed by atoms with van der Waals surface area (Å²) < 4.78 is 0. The highest BCUT2D eigenvalue weighted by Crippen LogP contribution is 2.36. The third-order valence-electron chi connectivity index (χ3n) is 3.62. The molecule has 0 saturated heterocycles. The molecule has 3 heteroatoms. The second-order valence-corrected chi connectivity index (χ2v) is 7.43. The summed E-state index contributed by atoms with van der Waals surface area (Å²) in [4.78, 5) is 6.28. The zero-order chi connectivity index (χ0) is 13.3. The van der Waals surface area contributed by atoms with Crippen LogP contribution in [0.15, 0.2) is 0 Å². The van der Waals surface area contributed by atoms with Gasteiger partial charge < -0.3 is 5.32 Å². The van der Waals surface area contributed by atoms with E-state index in [2.05, 4.69) is 39.9 Å². The Morgan fingerprint density at radius 2 is 2.11 bits per heavy atom. The molecule has 1 N–H and O–H groups in total. The van der Waals surface area contributed by atoms with E-state index in [9.17, 15) is 0 Å². The minimum Gasteiger partial charge on any atom is -0.303 e. The van der Waals surface area contributed by atoms with Crippen LogP contribution in [0.4, 0.5) is 0 Å². The summed E-state index contributed by atoms with van der Waals surface area (Å²) in [5.74, 6) is 0.690. The maximum Gasteiger partial charge on any atom is 0.113 e. The van der Waals surface area contributed by atoms with Crippen molar-refractivity contribution in [3.63, 3.8) is 0 Å². The van der Waals surface area contributed by atoms with Crippen molar-refractivity contribution < 1.29 is 0 Å². The fourth-order valence-corrected chi connectivity index (χ4v) is 3.82. The highest BCUT2D eigenvalue weighted by atomic mass is 32.1. The summed E-state index contributed by atoms with van der Waals surface area (Å²) >= 11 is 1.88. The van der Waals surface area contributed by atoms with Crippen molar-refractivity contribution in [3.8, 4) is 0 Å².